The van der Waals surface area contributed by atoms with E-state index in [1.165, 1.54) is 34.4 Å². The SMILES string of the molecule is C=C(C)CSc1nnc(SCC(=O)Nc2sc(C)c(CC)c2C(=O)OCC)s1. The molecular formula is C18H23N3O3S4. The van der Waals surface area contributed by atoms with E-state index in [-0.39, 0.29) is 11.7 Å². The lowest BCUT2D eigenvalue weighted by atomic mass is 10.1. The molecule has 0 saturated carbocycles. The molecule has 0 fully saturated rings. The first-order chi connectivity index (χ1) is 13.3. The van der Waals surface area contributed by atoms with E-state index < -0.39 is 5.97 Å². The van der Waals surface area contributed by atoms with Crippen LogP contribution in [0, 0.1) is 6.92 Å². The summed E-state index contributed by atoms with van der Waals surface area (Å²) in [5, 5.41) is 11.6. The van der Waals surface area contributed by atoms with Crippen LogP contribution >= 0.6 is 46.2 Å². The molecule has 0 saturated heterocycles. The summed E-state index contributed by atoms with van der Waals surface area (Å²) < 4.78 is 6.76. The number of carbonyl (C=O) groups is 2. The zero-order valence-electron chi connectivity index (χ0n) is 16.3. The second-order valence-corrected chi connectivity index (χ2v) is 10.5. The topological polar surface area (TPSA) is 81.2 Å². The number of rotatable bonds is 10. The second kappa shape index (κ2) is 11.0. The zero-order chi connectivity index (χ0) is 20.7. The number of anilines is 1. The van der Waals surface area contributed by atoms with Crippen molar-refractivity contribution in [2.75, 3.05) is 23.4 Å². The smallest absolute Gasteiger partial charge is 0.341 e. The van der Waals surface area contributed by atoms with E-state index >= 15 is 0 Å². The number of nitrogens with one attached hydrogen (secondary N) is 1. The molecule has 1 amide bonds. The van der Waals surface area contributed by atoms with Crippen LogP contribution in [0.2, 0.25) is 0 Å². The van der Waals surface area contributed by atoms with Gasteiger partial charge in [0.2, 0.25) is 5.91 Å². The van der Waals surface area contributed by atoms with Crippen molar-refractivity contribution in [3.8, 4) is 0 Å². The Kier molecular flexibility index (Phi) is 9.00. The standard InChI is InChI=1S/C18H23N3O3S4/c1-6-12-11(5)27-15(14(12)16(23)24-7-2)19-13(22)9-26-18-21-20-17(28-18)25-8-10(3)4/h3,6-9H2,1-2,4-5H3,(H,19,22). The highest BCUT2D eigenvalue weighted by Gasteiger charge is 2.23. The highest BCUT2D eigenvalue weighted by Crippen LogP contribution is 2.35. The number of hydrogen-bond donors (Lipinski definition) is 1. The van der Waals surface area contributed by atoms with Crippen LogP contribution in [0.1, 0.15) is 41.6 Å². The highest BCUT2D eigenvalue weighted by molar-refractivity contribution is 8.03. The van der Waals surface area contributed by atoms with Crippen molar-refractivity contribution in [3.63, 3.8) is 0 Å². The van der Waals surface area contributed by atoms with E-state index in [2.05, 4.69) is 22.1 Å². The molecule has 0 radical (unpaired) electrons. The summed E-state index contributed by atoms with van der Waals surface area (Å²) >= 11 is 5.78. The first-order valence-electron chi connectivity index (χ1n) is 8.68. The Morgan fingerprint density at radius 3 is 2.36 bits per heavy atom. The van der Waals surface area contributed by atoms with Crippen LogP contribution in [0.25, 0.3) is 0 Å². The Labute approximate surface area is 181 Å². The molecule has 152 valence electrons. The molecule has 2 aromatic rings. The number of nitrogens with zero attached hydrogens (tertiary/aromatic N) is 2. The monoisotopic (exact) mass is 457 g/mol. The maximum atomic E-state index is 12.4. The van der Waals surface area contributed by atoms with Gasteiger partial charge in [-0.1, -0.05) is 53.9 Å². The summed E-state index contributed by atoms with van der Waals surface area (Å²) in [6.07, 6.45) is 0.705. The lowest BCUT2D eigenvalue weighted by molar-refractivity contribution is -0.113. The molecule has 2 heterocycles. The minimum absolute atomic E-state index is 0.189. The Morgan fingerprint density at radius 1 is 1.14 bits per heavy atom. The van der Waals surface area contributed by atoms with Gasteiger partial charge >= 0.3 is 5.97 Å². The van der Waals surface area contributed by atoms with Crippen LogP contribution in [-0.2, 0) is 16.0 Å². The molecular weight excluding hydrogens is 434 g/mol. The number of hydrogen-bond acceptors (Lipinski definition) is 9. The number of aromatic nitrogens is 2. The molecule has 28 heavy (non-hydrogen) atoms. The van der Waals surface area contributed by atoms with Gasteiger partial charge in [0.05, 0.1) is 17.9 Å². The summed E-state index contributed by atoms with van der Waals surface area (Å²) in [5.74, 6) is 0.412. The first-order valence-corrected chi connectivity index (χ1v) is 12.3. The van der Waals surface area contributed by atoms with Crippen LogP contribution in [0.15, 0.2) is 20.8 Å². The molecule has 0 aliphatic rings. The quantitative estimate of drug-likeness (QED) is 0.304. The minimum Gasteiger partial charge on any atom is -0.462 e. The van der Waals surface area contributed by atoms with Crippen molar-refractivity contribution in [2.45, 2.75) is 42.8 Å². The molecule has 0 unspecified atom stereocenters. The van der Waals surface area contributed by atoms with Gasteiger partial charge in [0, 0.05) is 10.6 Å². The maximum Gasteiger partial charge on any atom is 0.341 e. The average molecular weight is 458 g/mol. The predicted molar refractivity (Wildman–Crippen MR) is 119 cm³/mol. The van der Waals surface area contributed by atoms with Crippen molar-refractivity contribution in [1.29, 1.82) is 0 Å². The molecule has 0 spiro atoms. The van der Waals surface area contributed by atoms with Crippen LogP contribution < -0.4 is 5.32 Å². The van der Waals surface area contributed by atoms with Gasteiger partial charge in [-0.3, -0.25) is 4.79 Å². The Morgan fingerprint density at radius 2 is 1.79 bits per heavy atom. The van der Waals surface area contributed by atoms with Crippen LogP contribution in [0.5, 0.6) is 0 Å². The molecule has 2 aromatic heterocycles. The highest BCUT2D eigenvalue weighted by atomic mass is 32.2. The van der Waals surface area contributed by atoms with Gasteiger partial charge < -0.3 is 10.1 Å². The van der Waals surface area contributed by atoms with Crippen molar-refractivity contribution in [2.24, 2.45) is 0 Å². The number of thioether (sulfide) groups is 2. The summed E-state index contributed by atoms with van der Waals surface area (Å²) in [6, 6.07) is 0. The largest absolute Gasteiger partial charge is 0.462 e. The fourth-order valence-corrected chi connectivity index (χ4v) is 6.11. The third-order valence-electron chi connectivity index (χ3n) is 3.45. The summed E-state index contributed by atoms with van der Waals surface area (Å²) in [7, 11) is 0. The molecule has 0 aliphatic heterocycles. The molecule has 2 rings (SSSR count). The fourth-order valence-electron chi connectivity index (χ4n) is 2.30. The second-order valence-electron chi connectivity index (χ2n) is 5.83. The number of esters is 1. The molecule has 0 atom stereocenters. The zero-order valence-corrected chi connectivity index (χ0v) is 19.6. The lowest BCUT2D eigenvalue weighted by Gasteiger charge is -2.07. The Balaban J connectivity index is 1.99. The summed E-state index contributed by atoms with van der Waals surface area (Å²) in [4.78, 5) is 25.8. The van der Waals surface area contributed by atoms with Gasteiger partial charge in [0.25, 0.3) is 0 Å². The van der Waals surface area contributed by atoms with Gasteiger partial charge in [0.1, 0.15) is 5.00 Å². The minimum atomic E-state index is -0.394. The number of aryl methyl sites for hydroxylation is 1. The first kappa shape index (κ1) is 22.9. The van der Waals surface area contributed by atoms with Crippen LogP contribution in [0.3, 0.4) is 0 Å². The number of thiophene rings is 1. The van der Waals surface area contributed by atoms with Crippen molar-refractivity contribution < 1.29 is 14.3 Å². The van der Waals surface area contributed by atoms with Gasteiger partial charge in [-0.2, -0.15) is 0 Å². The van der Waals surface area contributed by atoms with E-state index in [4.69, 9.17) is 4.74 Å². The number of carbonyl (C=O) groups excluding carboxylic acids is 2. The van der Waals surface area contributed by atoms with E-state index in [1.54, 1.807) is 18.7 Å². The third kappa shape index (κ3) is 6.33. The van der Waals surface area contributed by atoms with Gasteiger partial charge in [-0.05, 0) is 32.8 Å². The number of amides is 1. The molecule has 10 heteroatoms. The number of ether oxygens (including phenoxy) is 1. The van der Waals surface area contributed by atoms with E-state index in [1.807, 2.05) is 20.8 Å². The fraction of sp³-hybridized carbons (Fsp3) is 0.444. The predicted octanol–water partition coefficient (Wildman–Crippen LogP) is 5.05. The average Bonchev–Trinajstić information content (AvgIpc) is 3.22. The van der Waals surface area contributed by atoms with E-state index in [9.17, 15) is 9.59 Å². The molecule has 1 N–H and O–H groups in total. The van der Waals surface area contributed by atoms with Gasteiger partial charge in [0.15, 0.2) is 8.68 Å². The lowest BCUT2D eigenvalue weighted by Crippen LogP contribution is -2.16. The van der Waals surface area contributed by atoms with Gasteiger partial charge in [-0.25, -0.2) is 4.79 Å². The van der Waals surface area contributed by atoms with E-state index in [0.29, 0.717) is 23.6 Å². The van der Waals surface area contributed by atoms with Gasteiger partial charge in [-0.15, -0.1) is 21.5 Å². The maximum absolute atomic E-state index is 12.4. The third-order valence-corrected chi connectivity index (χ3v) is 7.94. The molecule has 6 nitrogen and oxygen atoms in total. The van der Waals surface area contributed by atoms with Crippen molar-refractivity contribution in [1.82, 2.24) is 10.2 Å². The molecule has 0 aromatic carbocycles. The van der Waals surface area contributed by atoms with Crippen LogP contribution in [-0.4, -0.2) is 40.2 Å². The van der Waals surface area contributed by atoms with Crippen molar-refractivity contribution >= 4 is 63.1 Å². The van der Waals surface area contributed by atoms with E-state index in [0.717, 1.165) is 30.4 Å². The van der Waals surface area contributed by atoms with Crippen molar-refractivity contribution in [3.05, 3.63) is 28.2 Å². The Bertz CT molecular complexity index is 860. The molecule has 0 bridgehead atoms. The summed E-state index contributed by atoms with van der Waals surface area (Å²) in [6.45, 7) is 11.8. The van der Waals surface area contributed by atoms with Crippen LogP contribution in [0.4, 0.5) is 5.00 Å². The Hall–Kier alpha value is -1.36. The summed E-state index contributed by atoms with van der Waals surface area (Å²) in [5.41, 5.74) is 2.47. The molecule has 0 aliphatic carbocycles. The normalized spacial score (nSPS) is 10.7.